The first kappa shape index (κ1) is 20.5. The first-order valence-corrected chi connectivity index (χ1v) is 9.04. The first-order valence-electron chi connectivity index (χ1n) is 9.04. The lowest BCUT2D eigenvalue weighted by molar-refractivity contribution is -0.139. The van der Waals surface area contributed by atoms with Gasteiger partial charge in [-0.3, -0.25) is 0 Å². The van der Waals surface area contributed by atoms with Gasteiger partial charge in [-0.2, -0.15) is 0 Å². The van der Waals surface area contributed by atoms with E-state index in [1.165, 1.54) is 0 Å². The summed E-state index contributed by atoms with van der Waals surface area (Å²) in [5.41, 5.74) is 8.12. The van der Waals surface area contributed by atoms with Crippen molar-refractivity contribution in [1.82, 2.24) is 5.32 Å². The number of carboxylic acids is 1. The maximum absolute atomic E-state index is 11.8. The Balaban J connectivity index is 1.71. The van der Waals surface area contributed by atoms with Crippen molar-refractivity contribution in [1.29, 1.82) is 0 Å². The summed E-state index contributed by atoms with van der Waals surface area (Å²) in [6.07, 6.45) is 1.59. The Morgan fingerprint density at radius 2 is 1.56 bits per heavy atom. The van der Waals surface area contributed by atoms with Crippen LogP contribution in [-0.2, 0) is 22.6 Å². The van der Waals surface area contributed by atoms with Gasteiger partial charge in [0, 0.05) is 6.04 Å². The lowest BCUT2D eigenvalue weighted by Crippen LogP contribution is -2.41. The predicted octanol–water partition coefficient (Wildman–Crippen LogP) is 3.11. The summed E-state index contributed by atoms with van der Waals surface area (Å²) in [5, 5.41) is 11.7. The number of aliphatic carboxylic acids is 1. The number of nitrogens with one attached hydrogen (secondary N) is 1. The molecule has 2 rings (SSSR count). The van der Waals surface area contributed by atoms with Crippen LogP contribution in [0.25, 0.3) is 0 Å². The topological polar surface area (TPSA) is 102 Å². The molecule has 0 bridgehead atoms. The van der Waals surface area contributed by atoms with Crippen molar-refractivity contribution in [2.45, 2.75) is 44.4 Å². The fourth-order valence-corrected chi connectivity index (χ4v) is 2.77. The minimum absolute atomic E-state index is 0.0492. The highest BCUT2D eigenvalue weighted by atomic mass is 16.5. The average Bonchev–Trinajstić information content (AvgIpc) is 2.67. The Morgan fingerprint density at radius 3 is 2.15 bits per heavy atom. The summed E-state index contributed by atoms with van der Waals surface area (Å²) in [5.74, 6) is -1.08. The molecule has 6 heteroatoms. The van der Waals surface area contributed by atoms with Gasteiger partial charge in [0.15, 0.2) is 0 Å². The molecule has 1 unspecified atom stereocenters. The molecular weight excluding hydrogens is 344 g/mol. The molecule has 0 saturated carbocycles. The number of nitrogens with two attached hydrogens (primary N) is 1. The van der Waals surface area contributed by atoms with E-state index in [2.05, 4.69) is 5.32 Å². The van der Waals surface area contributed by atoms with Gasteiger partial charge in [0.05, 0.1) is 0 Å². The summed E-state index contributed by atoms with van der Waals surface area (Å²) >= 11 is 0. The summed E-state index contributed by atoms with van der Waals surface area (Å²) in [6, 6.07) is 18.1. The quantitative estimate of drug-likeness (QED) is 0.596. The standard InChI is InChI=1S/C21H26N2O4/c22-18(14-16-8-3-1-4-9-16)12-7-13-19(20(24)25)23-21(26)27-15-17-10-5-2-6-11-17/h1-6,8-11,18-19H,7,12-15,22H2,(H,23,26)(H,24,25)/t18?,19-/m0/s1. The van der Waals surface area contributed by atoms with E-state index in [-0.39, 0.29) is 12.6 Å². The van der Waals surface area contributed by atoms with Crippen molar-refractivity contribution in [2.75, 3.05) is 0 Å². The van der Waals surface area contributed by atoms with Crippen molar-refractivity contribution in [3.05, 3.63) is 71.8 Å². The molecule has 0 saturated heterocycles. The molecule has 4 N–H and O–H groups in total. The summed E-state index contributed by atoms with van der Waals surface area (Å²) in [7, 11) is 0. The number of carbonyl (C=O) groups excluding carboxylic acids is 1. The van der Waals surface area contributed by atoms with E-state index >= 15 is 0 Å². The van der Waals surface area contributed by atoms with Gasteiger partial charge in [0.1, 0.15) is 12.6 Å². The third-order valence-corrected chi connectivity index (χ3v) is 4.21. The van der Waals surface area contributed by atoms with Crippen LogP contribution in [0.15, 0.2) is 60.7 Å². The number of amides is 1. The van der Waals surface area contributed by atoms with Gasteiger partial charge in [-0.1, -0.05) is 60.7 Å². The zero-order chi connectivity index (χ0) is 19.5. The van der Waals surface area contributed by atoms with Crippen molar-refractivity contribution in [3.63, 3.8) is 0 Å². The van der Waals surface area contributed by atoms with E-state index in [0.717, 1.165) is 17.5 Å². The van der Waals surface area contributed by atoms with Gasteiger partial charge < -0.3 is 20.9 Å². The number of carboxylic acid groups (broad SMARTS) is 1. The van der Waals surface area contributed by atoms with Crippen LogP contribution in [0, 0.1) is 0 Å². The Kier molecular flexibility index (Phi) is 8.32. The summed E-state index contributed by atoms with van der Waals surface area (Å²) in [4.78, 5) is 23.2. The minimum atomic E-state index is -1.08. The van der Waals surface area contributed by atoms with Crippen LogP contribution in [0.5, 0.6) is 0 Å². The Labute approximate surface area is 159 Å². The van der Waals surface area contributed by atoms with Crippen LogP contribution in [0.4, 0.5) is 4.79 Å². The number of carbonyl (C=O) groups is 2. The van der Waals surface area contributed by atoms with E-state index < -0.39 is 18.1 Å². The van der Waals surface area contributed by atoms with Crippen molar-refractivity contribution in [3.8, 4) is 0 Å². The molecule has 1 amide bonds. The number of benzene rings is 2. The van der Waals surface area contributed by atoms with Crippen LogP contribution in [-0.4, -0.2) is 29.3 Å². The van der Waals surface area contributed by atoms with Gasteiger partial charge in [-0.25, -0.2) is 9.59 Å². The molecule has 27 heavy (non-hydrogen) atoms. The van der Waals surface area contributed by atoms with E-state index in [1.54, 1.807) is 0 Å². The predicted molar refractivity (Wildman–Crippen MR) is 103 cm³/mol. The van der Waals surface area contributed by atoms with Gasteiger partial charge >= 0.3 is 12.1 Å². The van der Waals surface area contributed by atoms with Crippen molar-refractivity contribution in [2.24, 2.45) is 5.73 Å². The average molecular weight is 370 g/mol. The number of ether oxygens (including phenoxy) is 1. The smallest absolute Gasteiger partial charge is 0.408 e. The zero-order valence-corrected chi connectivity index (χ0v) is 15.2. The second-order valence-electron chi connectivity index (χ2n) is 6.48. The van der Waals surface area contributed by atoms with Gasteiger partial charge in [0.2, 0.25) is 0 Å². The van der Waals surface area contributed by atoms with Crippen molar-refractivity contribution < 1.29 is 19.4 Å². The van der Waals surface area contributed by atoms with E-state index in [9.17, 15) is 14.7 Å². The fourth-order valence-electron chi connectivity index (χ4n) is 2.77. The number of hydrogen-bond acceptors (Lipinski definition) is 4. The monoisotopic (exact) mass is 370 g/mol. The Bertz CT molecular complexity index is 707. The third kappa shape index (κ3) is 7.92. The van der Waals surface area contributed by atoms with E-state index in [4.69, 9.17) is 10.5 Å². The van der Waals surface area contributed by atoms with Crippen molar-refractivity contribution >= 4 is 12.1 Å². The molecule has 2 aromatic rings. The Hall–Kier alpha value is -2.86. The largest absolute Gasteiger partial charge is 0.480 e. The third-order valence-electron chi connectivity index (χ3n) is 4.21. The molecule has 0 aromatic heterocycles. The molecule has 0 aliphatic rings. The maximum Gasteiger partial charge on any atom is 0.408 e. The summed E-state index contributed by atoms with van der Waals surface area (Å²) < 4.78 is 5.08. The molecule has 0 aliphatic carbocycles. The van der Waals surface area contributed by atoms with E-state index in [1.807, 2.05) is 60.7 Å². The number of hydrogen-bond donors (Lipinski definition) is 3. The van der Waals surface area contributed by atoms with Gasteiger partial charge in [-0.15, -0.1) is 0 Å². The lowest BCUT2D eigenvalue weighted by Gasteiger charge is -2.16. The Morgan fingerprint density at radius 1 is 0.963 bits per heavy atom. The number of rotatable bonds is 10. The van der Waals surface area contributed by atoms with Crippen LogP contribution < -0.4 is 11.1 Å². The molecule has 144 valence electrons. The van der Waals surface area contributed by atoms with E-state index in [0.29, 0.717) is 19.3 Å². The van der Waals surface area contributed by atoms with Crippen LogP contribution in [0.1, 0.15) is 30.4 Å². The van der Waals surface area contributed by atoms with Crippen LogP contribution in [0.2, 0.25) is 0 Å². The first-order chi connectivity index (χ1) is 13.0. The lowest BCUT2D eigenvalue weighted by atomic mass is 10.00. The molecule has 0 heterocycles. The second kappa shape index (κ2) is 11.0. The minimum Gasteiger partial charge on any atom is -0.480 e. The van der Waals surface area contributed by atoms with Crippen LogP contribution >= 0.6 is 0 Å². The maximum atomic E-state index is 11.8. The molecule has 0 aliphatic heterocycles. The molecule has 2 atom stereocenters. The molecule has 2 aromatic carbocycles. The molecule has 6 nitrogen and oxygen atoms in total. The highest BCUT2D eigenvalue weighted by molar-refractivity contribution is 5.79. The molecule has 0 fully saturated rings. The van der Waals surface area contributed by atoms with Gasteiger partial charge in [-0.05, 0) is 36.8 Å². The van der Waals surface area contributed by atoms with Gasteiger partial charge in [0.25, 0.3) is 0 Å². The highest BCUT2D eigenvalue weighted by Crippen LogP contribution is 2.09. The molecule has 0 radical (unpaired) electrons. The normalized spacial score (nSPS) is 12.8. The highest BCUT2D eigenvalue weighted by Gasteiger charge is 2.20. The zero-order valence-electron chi connectivity index (χ0n) is 15.2. The second-order valence-corrected chi connectivity index (χ2v) is 6.48. The molecule has 0 spiro atoms. The number of alkyl carbamates (subject to hydrolysis) is 1. The van der Waals surface area contributed by atoms with Crippen LogP contribution in [0.3, 0.4) is 0 Å². The summed E-state index contributed by atoms with van der Waals surface area (Å²) in [6.45, 7) is 0.0982. The SMILES string of the molecule is NC(CCC[C@H](NC(=O)OCc1ccccc1)C(=O)O)Cc1ccccc1. The molecular formula is C21H26N2O4. The fraction of sp³-hybridized carbons (Fsp3) is 0.333.